The Morgan fingerprint density at radius 3 is 2.82 bits per heavy atom. The van der Waals surface area contributed by atoms with Crippen LogP contribution in [-0.4, -0.2) is 16.0 Å². The highest BCUT2D eigenvalue weighted by molar-refractivity contribution is 6.31. The predicted molar refractivity (Wildman–Crippen MR) is 65.3 cm³/mol. The SMILES string of the molecule is O=C(Nc1cc(Cl)ccc1O)c1ccccn1. The number of aromatic nitrogens is 1. The Labute approximate surface area is 103 Å². The third-order valence-electron chi connectivity index (χ3n) is 2.10. The van der Waals surface area contributed by atoms with E-state index in [1.54, 1.807) is 18.2 Å². The number of aromatic hydroxyl groups is 1. The maximum atomic E-state index is 11.7. The van der Waals surface area contributed by atoms with Crippen LogP contribution in [0.5, 0.6) is 5.75 Å². The third kappa shape index (κ3) is 2.73. The summed E-state index contributed by atoms with van der Waals surface area (Å²) in [5.74, 6) is -0.443. The molecule has 0 saturated carbocycles. The van der Waals surface area contributed by atoms with Gasteiger partial charge in [-0.3, -0.25) is 9.78 Å². The maximum Gasteiger partial charge on any atom is 0.274 e. The second-order valence-corrected chi connectivity index (χ2v) is 3.77. The topological polar surface area (TPSA) is 62.2 Å². The molecule has 2 N–H and O–H groups in total. The minimum atomic E-state index is -0.400. The number of amides is 1. The molecule has 1 amide bonds. The van der Waals surface area contributed by atoms with Crippen LogP contribution in [0.25, 0.3) is 0 Å². The van der Waals surface area contributed by atoms with Gasteiger partial charge in [0.1, 0.15) is 11.4 Å². The molecule has 0 fully saturated rings. The molecule has 0 aliphatic carbocycles. The first kappa shape index (κ1) is 11.4. The van der Waals surface area contributed by atoms with Crippen molar-refractivity contribution in [2.24, 2.45) is 0 Å². The molecule has 0 radical (unpaired) electrons. The van der Waals surface area contributed by atoms with E-state index in [-0.39, 0.29) is 17.1 Å². The first-order valence-electron chi connectivity index (χ1n) is 4.88. The Morgan fingerprint density at radius 1 is 1.29 bits per heavy atom. The number of carbonyl (C=O) groups excluding carboxylic acids is 1. The monoisotopic (exact) mass is 248 g/mol. The van der Waals surface area contributed by atoms with Gasteiger partial charge in [0.05, 0.1) is 5.69 Å². The summed E-state index contributed by atoms with van der Waals surface area (Å²) in [7, 11) is 0. The van der Waals surface area contributed by atoms with E-state index in [9.17, 15) is 9.90 Å². The summed E-state index contributed by atoms with van der Waals surface area (Å²) in [5.41, 5.74) is 0.528. The van der Waals surface area contributed by atoms with Crippen molar-refractivity contribution in [2.45, 2.75) is 0 Å². The Hall–Kier alpha value is -2.07. The van der Waals surface area contributed by atoms with Crippen LogP contribution in [0, 0.1) is 0 Å². The van der Waals surface area contributed by atoms with E-state index in [1.807, 2.05) is 0 Å². The van der Waals surface area contributed by atoms with Gasteiger partial charge in [-0.25, -0.2) is 0 Å². The van der Waals surface area contributed by atoms with E-state index in [0.717, 1.165) is 0 Å². The second kappa shape index (κ2) is 4.84. The average Bonchev–Trinajstić information content (AvgIpc) is 2.35. The van der Waals surface area contributed by atoms with Gasteiger partial charge in [-0.15, -0.1) is 0 Å². The van der Waals surface area contributed by atoms with Crippen molar-refractivity contribution in [3.8, 4) is 5.75 Å². The highest BCUT2D eigenvalue weighted by atomic mass is 35.5. The Bertz CT molecular complexity index is 543. The molecule has 0 aliphatic rings. The Kier molecular flexibility index (Phi) is 3.25. The van der Waals surface area contributed by atoms with E-state index in [0.29, 0.717) is 5.02 Å². The number of phenols is 1. The van der Waals surface area contributed by atoms with Crippen LogP contribution in [0.4, 0.5) is 5.69 Å². The molecular weight excluding hydrogens is 240 g/mol. The molecule has 2 rings (SSSR count). The smallest absolute Gasteiger partial charge is 0.274 e. The number of halogens is 1. The highest BCUT2D eigenvalue weighted by Gasteiger charge is 2.09. The van der Waals surface area contributed by atoms with E-state index in [1.165, 1.54) is 24.4 Å². The van der Waals surface area contributed by atoms with Crippen molar-refractivity contribution < 1.29 is 9.90 Å². The zero-order valence-corrected chi connectivity index (χ0v) is 9.48. The molecule has 17 heavy (non-hydrogen) atoms. The van der Waals surface area contributed by atoms with Crippen molar-refractivity contribution in [2.75, 3.05) is 5.32 Å². The van der Waals surface area contributed by atoms with Gasteiger partial charge in [0.15, 0.2) is 0 Å². The van der Waals surface area contributed by atoms with Gasteiger partial charge in [0, 0.05) is 11.2 Å². The molecule has 0 atom stereocenters. The van der Waals surface area contributed by atoms with Crippen LogP contribution >= 0.6 is 11.6 Å². The summed E-state index contributed by atoms with van der Waals surface area (Å²) in [4.78, 5) is 15.7. The fourth-order valence-corrected chi connectivity index (χ4v) is 1.46. The molecular formula is C12H9ClN2O2. The molecule has 0 unspecified atom stereocenters. The van der Waals surface area contributed by atoms with Crippen molar-refractivity contribution in [3.05, 3.63) is 53.3 Å². The summed E-state index contributed by atoms with van der Waals surface area (Å²) in [6, 6.07) is 9.42. The average molecular weight is 249 g/mol. The van der Waals surface area contributed by atoms with Gasteiger partial charge in [-0.2, -0.15) is 0 Å². The number of hydrogen-bond acceptors (Lipinski definition) is 3. The third-order valence-corrected chi connectivity index (χ3v) is 2.34. The summed E-state index contributed by atoms with van der Waals surface area (Å²) in [6.45, 7) is 0. The first-order valence-corrected chi connectivity index (χ1v) is 5.25. The number of benzene rings is 1. The molecule has 0 saturated heterocycles. The van der Waals surface area contributed by atoms with Crippen LogP contribution in [0.1, 0.15) is 10.5 Å². The number of nitrogens with one attached hydrogen (secondary N) is 1. The largest absolute Gasteiger partial charge is 0.506 e. The number of rotatable bonds is 2. The first-order chi connectivity index (χ1) is 8.16. The normalized spacial score (nSPS) is 9.94. The van der Waals surface area contributed by atoms with Gasteiger partial charge in [0.2, 0.25) is 0 Å². The number of hydrogen-bond donors (Lipinski definition) is 2. The predicted octanol–water partition coefficient (Wildman–Crippen LogP) is 2.69. The zero-order chi connectivity index (χ0) is 12.3. The van der Waals surface area contributed by atoms with Gasteiger partial charge in [-0.05, 0) is 30.3 Å². The Balaban J connectivity index is 2.22. The molecule has 5 heteroatoms. The second-order valence-electron chi connectivity index (χ2n) is 3.33. The summed E-state index contributed by atoms with van der Waals surface area (Å²) in [5, 5.41) is 12.5. The fraction of sp³-hybridized carbons (Fsp3) is 0. The lowest BCUT2D eigenvalue weighted by Crippen LogP contribution is -2.13. The lowest BCUT2D eigenvalue weighted by molar-refractivity contribution is 0.102. The minimum absolute atomic E-state index is 0.0429. The van der Waals surface area contributed by atoms with Crippen LogP contribution in [-0.2, 0) is 0 Å². The summed E-state index contributed by atoms with van der Waals surface area (Å²) in [6.07, 6.45) is 1.52. The van der Waals surface area contributed by atoms with E-state index < -0.39 is 5.91 Å². The molecule has 4 nitrogen and oxygen atoms in total. The lowest BCUT2D eigenvalue weighted by Gasteiger charge is -2.06. The molecule has 86 valence electrons. The summed E-state index contributed by atoms with van der Waals surface area (Å²) >= 11 is 5.77. The van der Waals surface area contributed by atoms with E-state index >= 15 is 0 Å². The molecule has 0 aliphatic heterocycles. The lowest BCUT2D eigenvalue weighted by atomic mass is 10.2. The van der Waals surface area contributed by atoms with Crippen LogP contribution in [0.3, 0.4) is 0 Å². The van der Waals surface area contributed by atoms with Crippen LogP contribution in [0.15, 0.2) is 42.6 Å². The van der Waals surface area contributed by atoms with Crippen molar-refractivity contribution in [1.82, 2.24) is 4.98 Å². The number of anilines is 1. The van der Waals surface area contributed by atoms with Gasteiger partial charge in [0.25, 0.3) is 5.91 Å². The van der Waals surface area contributed by atoms with E-state index in [4.69, 9.17) is 11.6 Å². The number of carbonyl (C=O) groups is 1. The molecule has 0 bridgehead atoms. The van der Waals surface area contributed by atoms with E-state index in [2.05, 4.69) is 10.3 Å². The van der Waals surface area contributed by atoms with Crippen molar-refractivity contribution in [3.63, 3.8) is 0 Å². The number of nitrogens with zero attached hydrogens (tertiary/aromatic N) is 1. The molecule has 2 aromatic rings. The summed E-state index contributed by atoms with van der Waals surface area (Å²) < 4.78 is 0. The highest BCUT2D eigenvalue weighted by Crippen LogP contribution is 2.26. The molecule has 0 spiro atoms. The molecule has 1 aromatic heterocycles. The number of pyridine rings is 1. The molecule has 1 heterocycles. The fourth-order valence-electron chi connectivity index (χ4n) is 1.29. The van der Waals surface area contributed by atoms with Crippen LogP contribution < -0.4 is 5.32 Å². The van der Waals surface area contributed by atoms with Gasteiger partial charge < -0.3 is 10.4 Å². The van der Waals surface area contributed by atoms with Crippen LogP contribution in [0.2, 0.25) is 5.02 Å². The maximum absolute atomic E-state index is 11.7. The number of phenolic OH excluding ortho intramolecular Hbond substituents is 1. The van der Waals surface area contributed by atoms with Crippen molar-refractivity contribution in [1.29, 1.82) is 0 Å². The standard InChI is InChI=1S/C12H9ClN2O2/c13-8-4-5-11(16)10(7-8)15-12(17)9-3-1-2-6-14-9/h1-7,16H,(H,15,17). The molecule has 1 aromatic carbocycles. The zero-order valence-electron chi connectivity index (χ0n) is 8.72. The quantitative estimate of drug-likeness (QED) is 0.804. The Morgan fingerprint density at radius 2 is 2.12 bits per heavy atom. The van der Waals surface area contributed by atoms with Gasteiger partial charge in [-0.1, -0.05) is 17.7 Å². The van der Waals surface area contributed by atoms with Crippen molar-refractivity contribution >= 4 is 23.2 Å². The minimum Gasteiger partial charge on any atom is -0.506 e. The van der Waals surface area contributed by atoms with Gasteiger partial charge >= 0.3 is 0 Å².